The van der Waals surface area contributed by atoms with Crippen molar-refractivity contribution in [3.63, 3.8) is 0 Å². The number of hydrogen-bond acceptors (Lipinski definition) is 4. The van der Waals surface area contributed by atoms with E-state index in [0.717, 1.165) is 13.1 Å². The van der Waals surface area contributed by atoms with Gasteiger partial charge in [0, 0.05) is 31.4 Å². The van der Waals surface area contributed by atoms with Crippen LogP contribution in [0.15, 0.2) is 30.3 Å². The van der Waals surface area contributed by atoms with Crippen molar-refractivity contribution in [1.82, 2.24) is 5.32 Å². The quantitative estimate of drug-likeness (QED) is 0.673. The summed E-state index contributed by atoms with van der Waals surface area (Å²) in [4.78, 5) is 0. The summed E-state index contributed by atoms with van der Waals surface area (Å²) in [6, 6.07) is 10.3. The van der Waals surface area contributed by atoms with Gasteiger partial charge >= 0.3 is 0 Å². The standard InChI is InChI=1S/C16H27NO3S/c1-16(2,14-20-10-7-11-21(3,18)19)13-17-12-15-8-5-4-6-9-15/h4-6,8-9,17H,7,10-14H2,1-3H3. The van der Waals surface area contributed by atoms with E-state index >= 15 is 0 Å². The van der Waals surface area contributed by atoms with Gasteiger partial charge in [0.25, 0.3) is 0 Å². The smallest absolute Gasteiger partial charge is 0.147 e. The summed E-state index contributed by atoms with van der Waals surface area (Å²) >= 11 is 0. The molecule has 0 atom stereocenters. The highest BCUT2D eigenvalue weighted by molar-refractivity contribution is 7.90. The molecule has 0 heterocycles. The average Bonchev–Trinajstić information content (AvgIpc) is 2.38. The van der Waals surface area contributed by atoms with E-state index in [2.05, 4.69) is 31.3 Å². The Morgan fingerprint density at radius 1 is 1.19 bits per heavy atom. The number of hydrogen-bond donors (Lipinski definition) is 1. The summed E-state index contributed by atoms with van der Waals surface area (Å²) in [5.74, 6) is 0.194. The van der Waals surface area contributed by atoms with Crippen molar-refractivity contribution in [2.45, 2.75) is 26.8 Å². The van der Waals surface area contributed by atoms with E-state index < -0.39 is 9.84 Å². The maximum Gasteiger partial charge on any atom is 0.147 e. The Balaban J connectivity index is 2.15. The predicted octanol–water partition coefficient (Wildman–Crippen LogP) is 2.25. The van der Waals surface area contributed by atoms with E-state index in [1.807, 2.05) is 18.2 Å². The molecule has 120 valence electrons. The summed E-state index contributed by atoms with van der Waals surface area (Å²) < 4.78 is 27.6. The largest absolute Gasteiger partial charge is 0.381 e. The Morgan fingerprint density at radius 2 is 1.86 bits per heavy atom. The maximum absolute atomic E-state index is 11.0. The second-order valence-electron chi connectivity index (χ2n) is 6.29. The summed E-state index contributed by atoms with van der Waals surface area (Å²) in [6.45, 7) is 7.10. The van der Waals surface area contributed by atoms with Gasteiger partial charge in [-0.2, -0.15) is 0 Å². The van der Waals surface area contributed by atoms with E-state index in [4.69, 9.17) is 4.74 Å². The van der Waals surface area contributed by atoms with Crippen molar-refractivity contribution in [2.75, 3.05) is 31.8 Å². The van der Waals surface area contributed by atoms with Gasteiger partial charge in [0.15, 0.2) is 0 Å². The predicted molar refractivity (Wildman–Crippen MR) is 87.1 cm³/mol. The number of nitrogens with one attached hydrogen (secondary N) is 1. The van der Waals surface area contributed by atoms with Crippen LogP contribution in [-0.4, -0.2) is 40.2 Å². The van der Waals surface area contributed by atoms with Gasteiger partial charge < -0.3 is 10.1 Å². The zero-order chi connectivity index (χ0) is 15.8. The van der Waals surface area contributed by atoms with Crippen molar-refractivity contribution in [3.05, 3.63) is 35.9 Å². The van der Waals surface area contributed by atoms with Gasteiger partial charge in [0.2, 0.25) is 0 Å². The van der Waals surface area contributed by atoms with Crippen LogP contribution in [0, 0.1) is 5.41 Å². The third-order valence-corrected chi connectivity index (χ3v) is 4.10. The number of sulfone groups is 1. The lowest BCUT2D eigenvalue weighted by Crippen LogP contribution is -2.33. The van der Waals surface area contributed by atoms with Gasteiger partial charge in [-0.25, -0.2) is 8.42 Å². The first-order valence-electron chi connectivity index (χ1n) is 7.29. The topological polar surface area (TPSA) is 55.4 Å². The molecule has 5 heteroatoms. The van der Waals surface area contributed by atoms with Crippen LogP contribution in [0.5, 0.6) is 0 Å². The molecule has 1 N–H and O–H groups in total. The van der Waals surface area contributed by atoms with E-state index in [-0.39, 0.29) is 11.2 Å². The number of ether oxygens (including phenoxy) is 1. The van der Waals surface area contributed by atoms with Gasteiger partial charge in [-0.1, -0.05) is 44.2 Å². The summed E-state index contributed by atoms with van der Waals surface area (Å²) in [5, 5.41) is 3.43. The Morgan fingerprint density at radius 3 is 2.48 bits per heavy atom. The molecular weight excluding hydrogens is 286 g/mol. The van der Waals surface area contributed by atoms with Gasteiger partial charge in [-0.15, -0.1) is 0 Å². The highest BCUT2D eigenvalue weighted by Gasteiger charge is 2.17. The first kappa shape index (κ1) is 18.1. The SMILES string of the molecule is CC(C)(CNCc1ccccc1)COCCCS(C)(=O)=O. The minimum Gasteiger partial charge on any atom is -0.381 e. The Hall–Kier alpha value is -0.910. The second kappa shape index (κ2) is 8.51. The molecule has 0 radical (unpaired) electrons. The van der Waals surface area contributed by atoms with Crippen molar-refractivity contribution in [1.29, 1.82) is 0 Å². The van der Waals surface area contributed by atoms with Gasteiger partial charge in [0.1, 0.15) is 9.84 Å². The highest BCUT2D eigenvalue weighted by Crippen LogP contribution is 2.14. The molecule has 0 bridgehead atoms. The summed E-state index contributed by atoms with van der Waals surface area (Å²) in [7, 11) is -2.88. The molecule has 1 aromatic rings. The fourth-order valence-electron chi connectivity index (χ4n) is 1.96. The van der Waals surface area contributed by atoms with E-state index in [1.165, 1.54) is 11.8 Å². The molecule has 0 spiro atoms. The van der Waals surface area contributed by atoms with E-state index in [1.54, 1.807) is 0 Å². The first-order valence-corrected chi connectivity index (χ1v) is 9.35. The molecule has 4 nitrogen and oxygen atoms in total. The molecule has 1 rings (SSSR count). The molecule has 0 aliphatic rings. The van der Waals surface area contributed by atoms with Crippen LogP contribution < -0.4 is 5.32 Å². The summed E-state index contributed by atoms with van der Waals surface area (Å²) in [5.41, 5.74) is 1.29. The zero-order valence-electron chi connectivity index (χ0n) is 13.3. The minimum absolute atomic E-state index is 0.0276. The monoisotopic (exact) mass is 313 g/mol. The van der Waals surface area contributed by atoms with Crippen LogP contribution in [0.2, 0.25) is 0 Å². The molecule has 21 heavy (non-hydrogen) atoms. The van der Waals surface area contributed by atoms with E-state index in [0.29, 0.717) is 19.6 Å². The Bertz CT molecular complexity index is 498. The van der Waals surface area contributed by atoms with Crippen LogP contribution in [0.1, 0.15) is 25.8 Å². The van der Waals surface area contributed by atoms with Crippen molar-refractivity contribution < 1.29 is 13.2 Å². The van der Waals surface area contributed by atoms with Gasteiger partial charge in [-0.3, -0.25) is 0 Å². The third kappa shape index (κ3) is 9.61. The van der Waals surface area contributed by atoms with Crippen LogP contribution in [0.25, 0.3) is 0 Å². The van der Waals surface area contributed by atoms with Crippen LogP contribution >= 0.6 is 0 Å². The minimum atomic E-state index is -2.88. The Kier molecular flexibility index (Phi) is 7.35. The summed E-state index contributed by atoms with van der Waals surface area (Å²) in [6.07, 6.45) is 1.82. The first-order chi connectivity index (χ1) is 9.79. The van der Waals surface area contributed by atoms with Gasteiger partial charge in [-0.05, 0) is 12.0 Å². The zero-order valence-corrected chi connectivity index (χ0v) is 14.1. The molecule has 0 saturated heterocycles. The molecule has 1 aromatic carbocycles. The molecule has 0 saturated carbocycles. The normalized spacial score (nSPS) is 12.5. The molecule has 0 fully saturated rings. The molecule has 0 aromatic heterocycles. The lowest BCUT2D eigenvalue weighted by atomic mass is 9.95. The molecule has 0 amide bonds. The highest BCUT2D eigenvalue weighted by atomic mass is 32.2. The van der Waals surface area contributed by atoms with Crippen molar-refractivity contribution >= 4 is 9.84 Å². The number of benzene rings is 1. The Labute approximate surface area is 128 Å². The molecule has 0 unspecified atom stereocenters. The van der Waals surface area contributed by atoms with Crippen LogP contribution in [0.3, 0.4) is 0 Å². The van der Waals surface area contributed by atoms with Crippen molar-refractivity contribution in [2.24, 2.45) is 5.41 Å². The van der Waals surface area contributed by atoms with Crippen LogP contribution in [-0.2, 0) is 21.1 Å². The number of rotatable bonds is 10. The second-order valence-corrected chi connectivity index (χ2v) is 8.55. The maximum atomic E-state index is 11.0. The lowest BCUT2D eigenvalue weighted by molar-refractivity contribution is 0.0626. The molecular formula is C16H27NO3S. The molecule has 0 aliphatic heterocycles. The lowest BCUT2D eigenvalue weighted by Gasteiger charge is -2.25. The van der Waals surface area contributed by atoms with Crippen molar-refractivity contribution in [3.8, 4) is 0 Å². The van der Waals surface area contributed by atoms with Crippen LogP contribution in [0.4, 0.5) is 0 Å². The third-order valence-electron chi connectivity index (χ3n) is 3.07. The van der Waals surface area contributed by atoms with Gasteiger partial charge in [0.05, 0.1) is 12.4 Å². The molecule has 0 aliphatic carbocycles. The fourth-order valence-corrected chi connectivity index (χ4v) is 2.61. The average molecular weight is 313 g/mol. The van der Waals surface area contributed by atoms with E-state index in [9.17, 15) is 8.42 Å². The fraction of sp³-hybridized carbons (Fsp3) is 0.625.